The lowest BCUT2D eigenvalue weighted by Gasteiger charge is -2.10. The number of rotatable bonds is 4. The van der Waals surface area contributed by atoms with Crippen molar-refractivity contribution in [2.75, 3.05) is 0 Å². The van der Waals surface area contributed by atoms with Crippen LogP contribution in [0.2, 0.25) is 0 Å². The maximum Gasteiger partial charge on any atom is 0.0640 e. The van der Waals surface area contributed by atoms with Crippen LogP contribution >= 0.6 is 11.6 Å². The molecule has 0 saturated carbocycles. The highest BCUT2D eigenvalue weighted by Gasteiger charge is 2.09. The van der Waals surface area contributed by atoms with Crippen molar-refractivity contribution in [3.05, 3.63) is 65.0 Å². The van der Waals surface area contributed by atoms with Crippen LogP contribution in [0.4, 0.5) is 0 Å². The fraction of sp³-hybridized carbons (Fsp3) is 0.312. The van der Waals surface area contributed by atoms with Crippen molar-refractivity contribution < 1.29 is 0 Å². The number of benzene rings is 1. The summed E-state index contributed by atoms with van der Waals surface area (Å²) in [5, 5.41) is -0.00823. The van der Waals surface area contributed by atoms with E-state index in [-0.39, 0.29) is 5.38 Å². The van der Waals surface area contributed by atoms with Crippen LogP contribution in [0.25, 0.3) is 0 Å². The van der Waals surface area contributed by atoms with E-state index >= 15 is 0 Å². The number of aromatic nitrogens is 1. The lowest BCUT2D eigenvalue weighted by Crippen LogP contribution is -1.98. The van der Waals surface area contributed by atoms with Gasteiger partial charge in [-0.2, -0.15) is 0 Å². The molecule has 2 heteroatoms. The Morgan fingerprint density at radius 3 is 2.39 bits per heavy atom. The van der Waals surface area contributed by atoms with Crippen LogP contribution in [-0.2, 0) is 12.8 Å². The van der Waals surface area contributed by atoms with E-state index < -0.39 is 0 Å². The molecule has 2 rings (SSSR count). The van der Waals surface area contributed by atoms with Crippen LogP contribution in [0.3, 0.4) is 0 Å². The Bertz CT molecular complexity index is 488. The quantitative estimate of drug-likeness (QED) is 0.738. The van der Waals surface area contributed by atoms with Crippen molar-refractivity contribution in [1.29, 1.82) is 0 Å². The van der Waals surface area contributed by atoms with Crippen molar-refractivity contribution in [3.63, 3.8) is 0 Å². The van der Waals surface area contributed by atoms with E-state index in [2.05, 4.69) is 42.2 Å². The molecule has 1 unspecified atom stereocenters. The lowest BCUT2D eigenvalue weighted by molar-refractivity contribution is 0.877. The third-order valence-electron chi connectivity index (χ3n) is 3.11. The fourth-order valence-corrected chi connectivity index (χ4v) is 2.19. The van der Waals surface area contributed by atoms with E-state index in [4.69, 9.17) is 11.6 Å². The monoisotopic (exact) mass is 259 g/mol. The Kier molecular flexibility index (Phi) is 4.38. The maximum absolute atomic E-state index is 6.44. The van der Waals surface area contributed by atoms with Crippen molar-refractivity contribution in [2.24, 2.45) is 0 Å². The van der Waals surface area contributed by atoms with E-state index in [1.807, 2.05) is 19.2 Å². The first kappa shape index (κ1) is 13.1. The Morgan fingerprint density at radius 2 is 1.83 bits per heavy atom. The van der Waals surface area contributed by atoms with E-state index in [0.29, 0.717) is 0 Å². The van der Waals surface area contributed by atoms with Crippen LogP contribution in [0.1, 0.15) is 34.7 Å². The molecule has 0 saturated heterocycles. The summed E-state index contributed by atoms with van der Waals surface area (Å²) in [4.78, 5) is 4.39. The molecule has 0 aliphatic rings. The molecular weight excluding hydrogens is 242 g/mol. The number of pyridine rings is 1. The van der Waals surface area contributed by atoms with Crippen molar-refractivity contribution >= 4 is 11.6 Å². The van der Waals surface area contributed by atoms with Gasteiger partial charge in [0, 0.05) is 18.3 Å². The van der Waals surface area contributed by atoms with Crippen LogP contribution in [0.15, 0.2) is 42.6 Å². The first-order valence-electron chi connectivity index (χ1n) is 6.33. The summed E-state index contributed by atoms with van der Waals surface area (Å²) in [5.41, 5.74) is 4.73. The number of alkyl halides is 1. The molecule has 0 fully saturated rings. The highest BCUT2D eigenvalue weighted by molar-refractivity contribution is 6.20. The Hall–Kier alpha value is -1.34. The number of nitrogens with zero attached hydrogens (tertiary/aromatic N) is 1. The highest BCUT2D eigenvalue weighted by atomic mass is 35.5. The normalized spacial score (nSPS) is 12.4. The summed E-state index contributed by atoms with van der Waals surface area (Å²) >= 11 is 6.44. The van der Waals surface area contributed by atoms with Gasteiger partial charge in [-0.3, -0.25) is 4.98 Å². The van der Waals surface area contributed by atoms with Crippen LogP contribution in [0, 0.1) is 6.92 Å². The van der Waals surface area contributed by atoms with Gasteiger partial charge in [0.15, 0.2) is 0 Å². The minimum Gasteiger partial charge on any atom is -0.261 e. The molecule has 1 aromatic heterocycles. The summed E-state index contributed by atoms with van der Waals surface area (Å²) < 4.78 is 0. The van der Waals surface area contributed by atoms with Gasteiger partial charge in [0.25, 0.3) is 0 Å². The Balaban J connectivity index is 2.06. The van der Waals surface area contributed by atoms with Gasteiger partial charge >= 0.3 is 0 Å². The molecule has 0 amide bonds. The van der Waals surface area contributed by atoms with Gasteiger partial charge in [0.05, 0.1) is 5.38 Å². The summed E-state index contributed by atoms with van der Waals surface area (Å²) in [6.07, 6.45) is 3.72. The molecule has 18 heavy (non-hydrogen) atoms. The zero-order valence-electron chi connectivity index (χ0n) is 10.9. The smallest absolute Gasteiger partial charge is 0.0640 e. The molecule has 1 atom stereocenters. The van der Waals surface area contributed by atoms with Crippen LogP contribution in [-0.4, -0.2) is 4.98 Å². The molecule has 1 nitrogen and oxygen atoms in total. The van der Waals surface area contributed by atoms with E-state index in [1.54, 1.807) is 0 Å². The van der Waals surface area contributed by atoms with Gasteiger partial charge in [0.2, 0.25) is 0 Å². The molecule has 0 aliphatic heterocycles. The average molecular weight is 260 g/mol. The SMILES string of the molecule is CCc1ccc(C(Cl)Cc2ccc(C)cn2)cc1. The highest BCUT2D eigenvalue weighted by Crippen LogP contribution is 2.24. The van der Waals surface area contributed by atoms with Crippen LogP contribution < -0.4 is 0 Å². The lowest BCUT2D eigenvalue weighted by atomic mass is 10.0. The fourth-order valence-electron chi connectivity index (χ4n) is 1.88. The molecular formula is C16H18ClN. The maximum atomic E-state index is 6.44. The first-order valence-corrected chi connectivity index (χ1v) is 6.77. The molecule has 1 heterocycles. The standard InChI is InChI=1S/C16H18ClN/c1-3-13-5-7-14(8-6-13)16(17)10-15-9-4-12(2)11-18-15/h4-9,11,16H,3,10H2,1-2H3. The topological polar surface area (TPSA) is 12.9 Å². The molecule has 1 aromatic carbocycles. The Labute approximate surface area is 114 Å². The van der Waals surface area contributed by atoms with Gasteiger partial charge in [-0.25, -0.2) is 0 Å². The molecule has 0 aliphatic carbocycles. The summed E-state index contributed by atoms with van der Waals surface area (Å²) in [5.74, 6) is 0. The van der Waals surface area contributed by atoms with Crippen LogP contribution in [0.5, 0.6) is 0 Å². The second-order valence-electron chi connectivity index (χ2n) is 4.59. The largest absolute Gasteiger partial charge is 0.261 e. The van der Waals surface area contributed by atoms with Crippen molar-refractivity contribution in [3.8, 4) is 0 Å². The number of halogens is 1. The zero-order valence-corrected chi connectivity index (χ0v) is 11.6. The summed E-state index contributed by atoms with van der Waals surface area (Å²) in [7, 11) is 0. The second-order valence-corrected chi connectivity index (χ2v) is 5.12. The van der Waals surface area contributed by atoms with Gasteiger partial charge < -0.3 is 0 Å². The predicted octanol–water partition coefficient (Wildman–Crippen LogP) is 4.48. The minimum atomic E-state index is -0.00823. The predicted molar refractivity (Wildman–Crippen MR) is 77.1 cm³/mol. The molecule has 2 aromatic rings. The molecule has 0 spiro atoms. The van der Waals surface area contributed by atoms with Gasteiger partial charge in [-0.1, -0.05) is 37.3 Å². The molecule has 0 bridgehead atoms. The van der Waals surface area contributed by atoms with E-state index in [0.717, 1.165) is 24.1 Å². The second kappa shape index (κ2) is 6.01. The van der Waals surface area contributed by atoms with Gasteiger partial charge in [-0.15, -0.1) is 11.6 Å². The minimum absolute atomic E-state index is 0.00823. The zero-order chi connectivity index (χ0) is 13.0. The van der Waals surface area contributed by atoms with Crippen molar-refractivity contribution in [1.82, 2.24) is 4.98 Å². The third kappa shape index (κ3) is 3.33. The number of hydrogen-bond donors (Lipinski definition) is 0. The van der Waals surface area contributed by atoms with E-state index in [9.17, 15) is 0 Å². The number of aryl methyl sites for hydroxylation is 2. The van der Waals surface area contributed by atoms with E-state index in [1.165, 1.54) is 11.1 Å². The average Bonchev–Trinajstić information content (AvgIpc) is 2.41. The van der Waals surface area contributed by atoms with Gasteiger partial charge in [-0.05, 0) is 36.1 Å². The molecule has 0 N–H and O–H groups in total. The number of hydrogen-bond acceptors (Lipinski definition) is 1. The molecule has 94 valence electrons. The van der Waals surface area contributed by atoms with Crippen molar-refractivity contribution in [2.45, 2.75) is 32.1 Å². The first-order chi connectivity index (χ1) is 8.69. The summed E-state index contributed by atoms with van der Waals surface area (Å²) in [6, 6.07) is 12.6. The molecule has 0 radical (unpaired) electrons. The third-order valence-corrected chi connectivity index (χ3v) is 3.52. The Morgan fingerprint density at radius 1 is 1.11 bits per heavy atom. The summed E-state index contributed by atoms with van der Waals surface area (Å²) in [6.45, 7) is 4.20. The van der Waals surface area contributed by atoms with Gasteiger partial charge in [0.1, 0.15) is 0 Å².